The predicted octanol–water partition coefficient (Wildman–Crippen LogP) is 15.2. The minimum Gasteiger partial charge on any atom is -0.343 e. The van der Waals surface area contributed by atoms with E-state index in [0.717, 1.165) is 75.1 Å². The fraction of sp³-hybridized carbons (Fsp3) is 0.257. The molecular weight excluding hydrogens is 1830 g/mol. The van der Waals surface area contributed by atoms with Gasteiger partial charge >= 0.3 is 6.18 Å². The van der Waals surface area contributed by atoms with E-state index in [1.165, 1.54) is 87.8 Å². The Morgan fingerprint density at radius 1 is 0.682 bits per heavy atom. The van der Waals surface area contributed by atoms with Gasteiger partial charge in [-0.3, -0.25) is 19.1 Å². The van der Waals surface area contributed by atoms with Crippen molar-refractivity contribution in [1.82, 2.24) is 44.1 Å². The van der Waals surface area contributed by atoms with Crippen molar-refractivity contribution in [3.63, 3.8) is 0 Å². The third kappa shape index (κ3) is 15.4. The molecule has 4 radical (unpaired) electrons. The van der Waals surface area contributed by atoms with E-state index in [1.807, 2.05) is 52.7 Å². The SMILES string of the molecule is CC(C)(C)c1cn(-c2[c-]cccc2)nc1Cc1ccccc1.CCc1ccn(-c2[c-]cc3c4c2CCCC4CCC3)n1.C[SiH2]c1cccc(-n2[c-]cc(C(F)(F)F)n2)n1.[C-]#[N+]c1cn(-c2[c-]c3ccc4cccc5ccc(c2)c3c45)nc1CC.[Ir].[Ir].[Ir].[Ir]. The Kier molecular flexibility index (Phi) is 23.9. The van der Waals surface area contributed by atoms with Crippen molar-refractivity contribution in [2.45, 2.75) is 116 Å². The normalized spacial score (nSPS) is 13.3. The van der Waals surface area contributed by atoms with Crippen molar-refractivity contribution in [3.05, 3.63) is 245 Å². The molecule has 7 aromatic carbocycles. The average molecular weight is 1900 g/mol. The van der Waals surface area contributed by atoms with E-state index in [-0.39, 0.29) is 85.8 Å². The molecule has 0 amide bonds. The molecule has 18 heteroatoms. The van der Waals surface area contributed by atoms with Gasteiger partial charge in [0.25, 0.3) is 0 Å². The van der Waals surface area contributed by atoms with Gasteiger partial charge in [-0.2, -0.15) is 70.4 Å². The average Bonchev–Trinajstić information content (AvgIpc) is 2.04. The van der Waals surface area contributed by atoms with Crippen molar-refractivity contribution in [2.75, 3.05) is 0 Å². The number of alkyl halides is 3. The first-order valence-electron chi connectivity index (χ1n) is 29.0. The van der Waals surface area contributed by atoms with Gasteiger partial charge in [0.15, 0.2) is 0 Å². The summed E-state index contributed by atoms with van der Waals surface area (Å²) in [5.74, 6) is 1.17. The number of benzene rings is 7. The van der Waals surface area contributed by atoms with E-state index in [4.69, 9.17) is 16.8 Å². The molecule has 0 N–H and O–H groups in total. The van der Waals surface area contributed by atoms with Crippen LogP contribution in [0, 0.1) is 31.0 Å². The zero-order valence-corrected chi connectivity index (χ0v) is 60.6. The van der Waals surface area contributed by atoms with Crippen LogP contribution in [0.15, 0.2) is 158 Å². The molecule has 1 unspecified atom stereocenters. The van der Waals surface area contributed by atoms with Crippen LogP contribution in [0.25, 0.3) is 60.0 Å². The van der Waals surface area contributed by atoms with Gasteiger partial charge < -0.3 is 9.67 Å². The van der Waals surface area contributed by atoms with Crippen LogP contribution in [0.4, 0.5) is 18.9 Å². The first-order valence-corrected chi connectivity index (χ1v) is 31.1. The summed E-state index contributed by atoms with van der Waals surface area (Å²) in [5.41, 5.74) is 13.2. The molecule has 2 aliphatic carbocycles. The molecular formula is C70H65F3Ir4N10Si-4. The molecule has 0 saturated heterocycles. The molecule has 0 spiro atoms. The second-order valence-corrected chi connectivity index (χ2v) is 23.8. The number of halogens is 3. The number of hydrogen-bond donors (Lipinski definition) is 0. The summed E-state index contributed by atoms with van der Waals surface area (Å²) in [7, 11) is -0.444. The maximum atomic E-state index is 12.4. The monoisotopic (exact) mass is 1900 g/mol. The topological polar surface area (TPSA) is 88.5 Å². The fourth-order valence-corrected chi connectivity index (χ4v) is 12.3. The van der Waals surface area contributed by atoms with Crippen LogP contribution in [0.3, 0.4) is 0 Å². The number of rotatable bonds is 9. The van der Waals surface area contributed by atoms with E-state index in [2.05, 4.69) is 176 Å². The molecule has 460 valence electrons. The number of aryl methyl sites for hydroxylation is 3. The first-order chi connectivity index (χ1) is 40.7. The first kappa shape index (κ1) is 69.1. The Labute approximate surface area is 569 Å². The smallest absolute Gasteiger partial charge is 0.343 e. The zero-order valence-electron chi connectivity index (χ0n) is 49.6. The van der Waals surface area contributed by atoms with Crippen LogP contribution in [-0.2, 0) is 124 Å². The summed E-state index contributed by atoms with van der Waals surface area (Å²) < 4.78 is 43.9. The van der Waals surface area contributed by atoms with Crippen LogP contribution in [0.5, 0.6) is 0 Å². The summed E-state index contributed by atoms with van der Waals surface area (Å²) in [6.07, 6.45) is 14.5. The van der Waals surface area contributed by atoms with Gasteiger partial charge in [-0.15, -0.1) is 46.8 Å². The molecule has 5 aromatic heterocycles. The van der Waals surface area contributed by atoms with E-state index < -0.39 is 21.4 Å². The van der Waals surface area contributed by atoms with Crippen molar-refractivity contribution in [2.24, 2.45) is 0 Å². The number of para-hydroxylation sites is 1. The van der Waals surface area contributed by atoms with Gasteiger partial charge in [-0.25, -0.2) is 4.85 Å². The Hall–Kier alpha value is -6.34. The molecule has 14 rings (SSSR count). The van der Waals surface area contributed by atoms with Gasteiger partial charge in [-0.05, 0) is 93.5 Å². The molecule has 12 aromatic rings. The van der Waals surface area contributed by atoms with E-state index >= 15 is 0 Å². The molecule has 10 nitrogen and oxygen atoms in total. The molecule has 88 heavy (non-hydrogen) atoms. The minimum atomic E-state index is -4.45. The van der Waals surface area contributed by atoms with Gasteiger partial charge in [0.05, 0.1) is 44.7 Å². The molecule has 2 aliphatic rings. The number of nitrogens with zero attached hydrogens (tertiary/aromatic N) is 10. The Bertz CT molecular complexity index is 4210. The van der Waals surface area contributed by atoms with Gasteiger partial charge in [0.1, 0.15) is 0 Å². The molecule has 1 atom stereocenters. The molecule has 0 aliphatic heterocycles. The number of pyridine rings is 1. The van der Waals surface area contributed by atoms with Crippen molar-refractivity contribution >= 4 is 52.8 Å². The van der Waals surface area contributed by atoms with E-state index in [1.54, 1.807) is 34.1 Å². The van der Waals surface area contributed by atoms with Crippen LogP contribution in [-0.4, -0.2) is 53.6 Å². The second kappa shape index (κ2) is 30.4. The summed E-state index contributed by atoms with van der Waals surface area (Å²) in [6, 6.07) is 56.2. The van der Waals surface area contributed by atoms with Crippen molar-refractivity contribution in [3.8, 4) is 22.9 Å². The number of aromatic nitrogens is 9. The summed E-state index contributed by atoms with van der Waals surface area (Å²) >= 11 is 0. The zero-order chi connectivity index (χ0) is 58.5. The third-order valence-corrected chi connectivity index (χ3v) is 16.9. The maximum absolute atomic E-state index is 12.4. The van der Waals surface area contributed by atoms with Crippen LogP contribution >= 0.6 is 0 Å². The Morgan fingerprint density at radius 2 is 1.39 bits per heavy atom. The summed E-state index contributed by atoms with van der Waals surface area (Å²) in [4.78, 5) is 7.80. The second-order valence-electron chi connectivity index (χ2n) is 22.4. The van der Waals surface area contributed by atoms with Gasteiger partial charge in [0, 0.05) is 111 Å². The van der Waals surface area contributed by atoms with Crippen molar-refractivity contribution < 1.29 is 93.6 Å². The maximum Gasteiger partial charge on any atom is 0.388 e. The van der Waals surface area contributed by atoms with Crippen LogP contribution in [0.1, 0.15) is 117 Å². The molecule has 5 heterocycles. The predicted molar refractivity (Wildman–Crippen MR) is 332 cm³/mol. The van der Waals surface area contributed by atoms with E-state index in [9.17, 15) is 13.2 Å². The molecule has 0 bridgehead atoms. The Balaban J connectivity index is 0.000000166. The minimum absolute atomic E-state index is 0. The van der Waals surface area contributed by atoms with Crippen LogP contribution in [0.2, 0.25) is 6.55 Å². The summed E-state index contributed by atoms with van der Waals surface area (Å²) in [6.45, 7) is 20.3. The standard InChI is InChI=1S/C22H14N3.C20H21N2.C18H21N2.C10H9F3N3Si.4Ir/c1-3-19-20(23-2)13-25(24-19)18-11-16-9-7-14-5-4-6-15-8-10-17(12-18)22(16)21(14)15;1-20(2,3)18-15-22(17-12-8-5-9-13-17)21-19(18)14-16-10-6-4-7-11-16;1-2-15-11-12-20(19-15)17-10-9-14-6-3-5-13-7-4-8-16(17)18(13)14;1-17-9-4-2-3-8(14-9)16-6-5-7(15-16)10(11,12)13;;;;/h4-11,13H,3H2,1H3;4-12,15H,14H2,1-3H3;9,11-13H,2-8H2,1H3;2-5H,17H2,1H3;;;;/q4*-1;;;;. The largest absolute Gasteiger partial charge is 0.388 e. The molecule has 0 fully saturated rings. The fourth-order valence-electron chi connectivity index (χ4n) is 11.6. The number of hydrogen-bond acceptors (Lipinski definition) is 5. The Morgan fingerprint density at radius 3 is 2.05 bits per heavy atom. The van der Waals surface area contributed by atoms with Gasteiger partial charge in [0.2, 0.25) is 5.69 Å². The van der Waals surface area contributed by atoms with Gasteiger partial charge in [-0.1, -0.05) is 163 Å². The van der Waals surface area contributed by atoms with Crippen LogP contribution < -0.4 is 5.32 Å². The third-order valence-electron chi connectivity index (χ3n) is 15.7. The summed E-state index contributed by atoms with van der Waals surface area (Å²) in [5, 5.41) is 25.7. The molecule has 0 saturated carbocycles. The van der Waals surface area contributed by atoms with E-state index in [0.29, 0.717) is 11.5 Å². The quantitative estimate of drug-likeness (QED) is 0.0816. The van der Waals surface area contributed by atoms with Crippen molar-refractivity contribution in [1.29, 1.82) is 0 Å².